The van der Waals surface area contributed by atoms with E-state index in [-0.39, 0.29) is 0 Å². The van der Waals surface area contributed by atoms with Crippen LogP contribution in [0.25, 0.3) is 22.6 Å². The monoisotopic (exact) mass is 353 g/mol. The van der Waals surface area contributed by atoms with Gasteiger partial charge in [0.1, 0.15) is 5.75 Å². The highest BCUT2D eigenvalue weighted by Gasteiger charge is 2.22. The number of methoxy groups -OCH3 is 1. The number of imidazole rings is 2. The van der Waals surface area contributed by atoms with Crippen LogP contribution in [0.3, 0.4) is 0 Å². The van der Waals surface area contributed by atoms with Crippen LogP contribution in [0.4, 0.5) is 0 Å². The molecule has 0 amide bonds. The van der Waals surface area contributed by atoms with Crippen molar-refractivity contribution in [3.05, 3.63) is 56.0 Å². The minimum atomic E-state index is -0.489. The molecule has 3 aromatic heterocycles. The molecule has 0 saturated heterocycles. The number of aromatic amines is 1. The lowest BCUT2D eigenvalue weighted by atomic mass is 10.2. The third kappa shape index (κ3) is 1.98. The van der Waals surface area contributed by atoms with Gasteiger partial charge in [-0.2, -0.15) is 4.98 Å². The van der Waals surface area contributed by atoms with E-state index in [0.717, 1.165) is 22.6 Å². The van der Waals surface area contributed by atoms with E-state index in [2.05, 4.69) is 9.97 Å². The first kappa shape index (κ1) is 16.2. The maximum atomic E-state index is 12.4. The van der Waals surface area contributed by atoms with Crippen molar-refractivity contribution in [2.75, 3.05) is 7.11 Å². The normalized spacial score (nSPS) is 11.6. The first-order chi connectivity index (χ1) is 12.3. The molecular formula is C18H19N5O3. The molecule has 4 aromatic rings. The fourth-order valence-electron chi connectivity index (χ4n) is 3.38. The lowest BCUT2D eigenvalue weighted by molar-refractivity contribution is 0.413. The van der Waals surface area contributed by atoms with E-state index >= 15 is 0 Å². The Morgan fingerprint density at radius 3 is 2.54 bits per heavy atom. The van der Waals surface area contributed by atoms with E-state index in [9.17, 15) is 9.59 Å². The number of nitrogens with zero attached hydrogens (tertiary/aromatic N) is 4. The number of fused-ring (bicyclic) bond motifs is 3. The summed E-state index contributed by atoms with van der Waals surface area (Å²) < 4.78 is 10.6. The minimum Gasteiger partial charge on any atom is -0.495 e. The second-order valence-corrected chi connectivity index (χ2v) is 6.42. The van der Waals surface area contributed by atoms with Crippen LogP contribution < -0.4 is 16.0 Å². The molecule has 0 unspecified atom stereocenters. The highest BCUT2D eigenvalue weighted by Crippen LogP contribution is 2.30. The molecule has 0 aliphatic rings. The average Bonchev–Trinajstić information content (AvgIpc) is 3.10. The zero-order valence-corrected chi connectivity index (χ0v) is 15.2. The second-order valence-electron chi connectivity index (χ2n) is 6.42. The Hall–Kier alpha value is -3.29. The van der Waals surface area contributed by atoms with Crippen molar-refractivity contribution in [2.45, 2.75) is 20.8 Å². The number of rotatable bonds is 2. The topological polar surface area (TPSA) is 86.3 Å². The van der Waals surface area contributed by atoms with Gasteiger partial charge in [0.2, 0.25) is 5.78 Å². The molecule has 0 spiro atoms. The van der Waals surface area contributed by atoms with Crippen LogP contribution in [0.2, 0.25) is 0 Å². The van der Waals surface area contributed by atoms with E-state index in [1.807, 2.05) is 43.5 Å². The van der Waals surface area contributed by atoms with E-state index in [4.69, 9.17) is 4.74 Å². The van der Waals surface area contributed by atoms with Gasteiger partial charge in [-0.3, -0.25) is 23.3 Å². The molecular weight excluding hydrogens is 334 g/mol. The zero-order chi connectivity index (χ0) is 18.7. The van der Waals surface area contributed by atoms with Gasteiger partial charge in [0, 0.05) is 18.4 Å². The number of aromatic nitrogens is 5. The Bertz CT molecular complexity index is 1300. The van der Waals surface area contributed by atoms with Gasteiger partial charge in [0.15, 0.2) is 11.2 Å². The Morgan fingerprint density at radius 1 is 1.12 bits per heavy atom. The van der Waals surface area contributed by atoms with E-state index < -0.39 is 11.2 Å². The molecule has 0 aliphatic carbocycles. The number of hydrogen-bond donors (Lipinski definition) is 1. The van der Waals surface area contributed by atoms with Crippen LogP contribution in [0, 0.1) is 20.8 Å². The molecule has 0 fully saturated rings. The van der Waals surface area contributed by atoms with Crippen LogP contribution in [0.1, 0.15) is 17.0 Å². The number of hydrogen-bond acceptors (Lipinski definition) is 4. The predicted molar refractivity (Wildman–Crippen MR) is 98.6 cm³/mol. The number of H-pyrrole nitrogens is 1. The van der Waals surface area contributed by atoms with Gasteiger partial charge < -0.3 is 4.74 Å². The van der Waals surface area contributed by atoms with Crippen molar-refractivity contribution in [1.82, 2.24) is 23.5 Å². The first-order valence-electron chi connectivity index (χ1n) is 8.19. The van der Waals surface area contributed by atoms with Crippen molar-refractivity contribution < 1.29 is 4.74 Å². The molecule has 4 rings (SSSR count). The maximum absolute atomic E-state index is 12.4. The number of nitrogens with one attached hydrogen (secondary N) is 1. The molecule has 0 radical (unpaired) electrons. The third-order valence-corrected chi connectivity index (χ3v) is 4.87. The second kappa shape index (κ2) is 5.35. The van der Waals surface area contributed by atoms with Gasteiger partial charge in [-0.15, -0.1) is 0 Å². The predicted octanol–water partition coefficient (Wildman–Crippen LogP) is 1.60. The Kier molecular flexibility index (Phi) is 3.33. The van der Waals surface area contributed by atoms with Crippen molar-refractivity contribution >= 4 is 16.9 Å². The Labute approximate surface area is 148 Å². The van der Waals surface area contributed by atoms with Crippen molar-refractivity contribution in [3.63, 3.8) is 0 Å². The molecule has 0 bridgehead atoms. The number of ether oxygens (including phenoxy) is 1. The maximum Gasteiger partial charge on any atom is 0.329 e. The summed E-state index contributed by atoms with van der Waals surface area (Å²) >= 11 is 0. The van der Waals surface area contributed by atoms with Gasteiger partial charge in [0.05, 0.1) is 12.8 Å². The largest absolute Gasteiger partial charge is 0.495 e. The lowest BCUT2D eigenvalue weighted by Crippen LogP contribution is -2.28. The summed E-state index contributed by atoms with van der Waals surface area (Å²) in [5.41, 5.74) is 3.47. The van der Waals surface area contributed by atoms with Gasteiger partial charge in [-0.25, -0.2) is 4.79 Å². The highest BCUT2D eigenvalue weighted by molar-refractivity contribution is 5.77. The highest BCUT2D eigenvalue weighted by atomic mass is 16.5. The van der Waals surface area contributed by atoms with E-state index in [1.165, 1.54) is 4.57 Å². The third-order valence-electron chi connectivity index (χ3n) is 4.87. The summed E-state index contributed by atoms with van der Waals surface area (Å²) in [5, 5.41) is 0. The van der Waals surface area contributed by atoms with Gasteiger partial charge in [0.25, 0.3) is 5.56 Å². The van der Waals surface area contributed by atoms with Crippen molar-refractivity contribution in [2.24, 2.45) is 7.05 Å². The van der Waals surface area contributed by atoms with Crippen molar-refractivity contribution in [1.29, 1.82) is 0 Å². The van der Waals surface area contributed by atoms with Crippen LogP contribution in [-0.4, -0.2) is 30.6 Å². The summed E-state index contributed by atoms with van der Waals surface area (Å²) in [7, 11) is 3.21. The summed E-state index contributed by atoms with van der Waals surface area (Å²) in [5.74, 6) is 1.26. The summed E-state index contributed by atoms with van der Waals surface area (Å²) in [4.78, 5) is 31.3. The molecule has 1 aromatic carbocycles. The van der Waals surface area contributed by atoms with E-state index in [0.29, 0.717) is 22.7 Å². The van der Waals surface area contributed by atoms with Gasteiger partial charge in [-0.1, -0.05) is 6.07 Å². The number of benzene rings is 1. The van der Waals surface area contributed by atoms with Crippen LogP contribution >= 0.6 is 0 Å². The van der Waals surface area contributed by atoms with E-state index in [1.54, 1.807) is 18.6 Å². The van der Waals surface area contributed by atoms with Gasteiger partial charge >= 0.3 is 5.69 Å². The quantitative estimate of drug-likeness (QED) is 0.593. The first-order valence-corrected chi connectivity index (χ1v) is 8.19. The Balaban J connectivity index is 2.24. The summed E-state index contributed by atoms with van der Waals surface area (Å²) in [6.45, 7) is 5.89. The lowest BCUT2D eigenvalue weighted by Gasteiger charge is -2.12. The fourth-order valence-corrected chi connectivity index (χ4v) is 3.38. The SMILES string of the molecule is COc1ccc(C)cc1-n1c(C)c(C)n2c3c(=O)[nH]c(=O)n(C)c3nc12. The molecule has 0 aliphatic heterocycles. The van der Waals surface area contributed by atoms with Crippen LogP contribution in [0.5, 0.6) is 5.75 Å². The summed E-state index contributed by atoms with van der Waals surface area (Å²) in [6, 6.07) is 5.89. The zero-order valence-electron chi connectivity index (χ0n) is 15.2. The van der Waals surface area contributed by atoms with Crippen LogP contribution in [0.15, 0.2) is 27.8 Å². The summed E-state index contributed by atoms with van der Waals surface area (Å²) in [6.07, 6.45) is 0. The molecule has 0 saturated carbocycles. The van der Waals surface area contributed by atoms with Crippen molar-refractivity contribution in [3.8, 4) is 11.4 Å². The standard InChI is InChI=1S/C18H19N5O3/c1-9-6-7-13(26-5)12(8-9)22-10(2)11(3)23-14-15(19-17(22)23)21(4)18(25)20-16(14)24/h6-8H,1-5H3,(H,20,24,25). The molecule has 3 heterocycles. The van der Waals surface area contributed by atoms with Gasteiger partial charge in [-0.05, 0) is 38.5 Å². The minimum absolute atomic E-state index is 0.345. The molecule has 8 heteroatoms. The number of aryl methyl sites for hydroxylation is 3. The molecule has 134 valence electrons. The molecule has 1 N–H and O–H groups in total. The smallest absolute Gasteiger partial charge is 0.329 e. The Morgan fingerprint density at radius 2 is 1.85 bits per heavy atom. The fraction of sp³-hybridized carbons (Fsp3) is 0.278. The molecule has 8 nitrogen and oxygen atoms in total. The van der Waals surface area contributed by atoms with Crippen LogP contribution in [-0.2, 0) is 7.05 Å². The molecule has 0 atom stereocenters. The molecule has 26 heavy (non-hydrogen) atoms. The average molecular weight is 353 g/mol.